The lowest BCUT2D eigenvalue weighted by atomic mass is 9.95. The van der Waals surface area contributed by atoms with E-state index in [2.05, 4.69) is 29.3 Å². The van der Waals surface area contributed by atoms with E-state index in [4.69, 9.17) is 11.6 Å². The van der Waals surface area contributed by atoms with Crippen molar-refractivity contribution in [3.8, 4) is 11.3 Å². The van der Waals surface area contributed by atoms with Gasteiger partial charge >= 0.3 is 0 Å². The molecule has 4 nitrogen and oxygen atoms in total. The molecule has 0 aliphatic carbocycles. The van der Waals surface area contributed by atoms with Crippen molar-refractivity contribution >= 4 is 23.2 Å². The van der Waals surface area contributed by atoms with Crippen LogP contribution in [0.5, 0.6) is 0 Å². The summed E-state index contributed by atoms with van der Waals surface area (Å²) in [4.78, 5) is 15.2. The van der Waals surface area contributed by atoms with Crippen molar-refractivity contribution in [2.45, 2.75) is 13.0 Å². The third-order valence-electron chi connectivity index (χ3n) is 5.31. The summed E-state index contributed by atoms with van der Waals surface area (Å²) in [5.74, 6) is -0.0861. The summed E-state index contributed by atoms with van der Waals surface area (Å²) in [6.45, 7) is 2.05. The molecule has 1 aliphatic heterocycles. The second-order valence-corrected chi connectivity index (χ2v) is 7.63. The molecule has 0 saturated heterocycles. The number of aryl methyl sites for hydroxylation is 1. The van der Waals surface area contributed by atoms with E-state index in [1.54, 1.807) is 0 Å². The van der Waals surface area contributed by atoms with Gasteiger partial charge in [-0.1, -0.05) is 71.8 Å². The summed E-state index contributed by atoms with van der Waals surface area (Å²) >= 11 is 6.12. The van der Waals surface area contributed by atoms with Crippen molar-refractivity contribution in [2.75, 3.05) is 4.90 Å². The lowest BCUT2D eigenvalue weighted by Gasteiger charge is -2.26. The number of nitrogens with zero attached hydrogens (tertiary/aromatic N) is 2. The number of hydrogen-bond acceptors (Lipinski definition) is 2. The molecule has 0 fully saturated rings. The van der Waals surface area contributed by atoms with Crippen molar-refractivity contribution in [3.05, 3.63) is 106 Å². The maximum absolute atomic E-state index is 13.4. The minimum absolute atomic E-state index is 0.0861. The largest absolute Gasteiger partial charge is 0.295 e. The highest BCUT2D eigenvalue weighted by molar-refractivity contribution is 6.30. The van der Waals surface area contributed by atoms with Gasteiger partial charge < -0.3 is 0 Å². The maximum Gasteiger partial charge on any atom is 0.277 e. The molecule has 142 valence electrons. The SMILES string of the molecule is Cc1ccc(-c2n[nH]c3c2[C@H](c2ccc(Cl)cc2)N(c2ccccc2)C3=O)cc1. The van der Waals surface area contributed by atoms with Crippen LogP contribution in [0.25, 0.3) is 11.3 Å². The normalized spacial score (nSPS) is 15.6. The summed E-state index contributed by atoms with van der Waals surface area (Å²) in [5.41, 5.74) is 6.21. The molecule has 4 aromatic rings. The number of fused-ring (bicyclic) bond motifs is 1. The Morgan fingerprint density at radius 2 is 1.62 bits per heavy atom. The fraction of sp³-hybridized carbons (Fsp3) is 0.0833. The topological polar surface area (TPSA) is 49.0 Å². The zero-order valence-corrected chi connectivity index (χ0v) is 16.5. The Balaban J connectivity index is 1.72. The Morgan fingerprint density at radius 3 is 2.31 bits per heavy atom. The number of aromatic nitrogens is 2. The first-order chi connectivity index (χ1) is 14.1. The van der Waals surface area contributed by atoms with Crippen LogP contribution in [0.3, 0.4) is 0 Å². The molecular formula is C24H18ClN3O. The van der Waals surface area contributed by atoms with Crippen LogP contribution >= 0.6 is 11.6 Å². The molecule has 1 aromatic heterocycles. The van der Waals surface area contributed by atoms with Crippen molar-refractivity contribution in [1.82, 2.24) is 10.2 Å². The van der Waals surface area contributed by atoms with E-state index in [1.165, 1.54) is 5.56 Å². The van der Waals surface area contributed by atoms with Crippen LogP contribution in [0.15, 0.2) is 78.9 Å². The predicted octanol–water partition coefficient (Wildman–Crippen LogP) is 5.79. The molecule has 5 rings (SSSR count). The number of nitrogens with one attached hydrogen (secondary N) is 1. The average molecular weight is 400 g/mol. The molecule has 0 bridgehead atoms. The highest BCUT2D eigenvalue weighted by Gasteiger charge is 2.42. The molecule has 0 saturated carbocycles. The summed E-state index contributed by atoms with van der Waals surface area (Å²) in [5, 5.41) is 8.17. The van der Waals surface area contributed by atoms with Crippen LogP contribution in [-0.4, -0.2) is 16.1 Å². The molecule has 0 spiro atoms. The number of aromatic amines is 1. The van der Waals surface area contributed by atoms with Crippen LogP contribution in [0.1, 0.15) is 33.2 Å². The number of benzene rings is 3. The van der Waals surface area contributed by atoms with Gasteiger partial charge in [-0.25, -0.2) is 0 Å². The van der Waals surface area contributed by atoms with E-state index < -0.39 is 0 Å². The standard InChI is InChI=1S/C24H18ClN3O/c1-15-7-9-16(10-8-15)21-20-22(27-26-21)24(29)28(19-5-3-2-4-6-19)23(20)17-11-13-18(25)14-12-17/h2-14,23H,1H3,(H,26,27)/t23-/m0/s1. The lowest BCUT2D eigenvalue weighted by Crippen LogP contribution is -2.29. The third-order valence-corrected chi connectivity index (χ3v) is 5.57. The van der Waals surface area contributed by atoms with Crippen molar-refractivity contribution in [2.24, 2.45) is 0 Å². The van der Waals surface area contributed by atoms with Crippen molar-refractivity contribution in [1.29, 1.82) is 0 Å². The molecule has 5 heteroatoms. The molecule has 2 heterocycles. The van der Waals surface area contributed by atoms with Gasteiger partial charge in [-0.3, -0.25) is 14.8 Å². The number of carbonyl (C=O) groups is 1. The monoisotopic (exact) mass is 399 g/mol. The van der Waals surface area contributed by atoms with Gasteiger partial charge in [0.1, 0.15) is 5.69 Å². The second kappa shape index (κ2) is 6.90. The van der Waals surface area contributed by atoms with Gasteiger partial charge in [0, 0.05) is 21.8 Å². The Labute approximate surface area is 173 Å². The van der Waals surface area contributed by atoms with Gasteiger partial charge in [-0.15, -0.1) is 0 Å². The number of H-pyrrole nitrogens is 1. The zero-order chi connectivity index (χ0) is 20.0. The lowest BCUT2D eigenvalue weighted by molar-refractivity contribution is 0.0989. The quantitative estimate of drug-likeness (QED) is 0.474. The number of para-hydroxylation sites is 1. The molecule has 0 unspecified atom stereocenters. The first-order valence-electron chi connectivity index (χ1n) is 9.43. The van der Waals surface area contributed by atoms with Crippen LogP contribution in [0.4, 0.5) is 5.69 Å². The summed E-state index contributed by atoms with van der Waals surface area (Å²) in [6.07, 6.45) is 0. The zero-order valence-electron chi connectivity index (χ0n) is 15.8. The molecular weight excluding hydrogens is 382 g/mol. The van der Waals surface area contributed by atoms with Gasteiger partial charge in [0.25, 0.3) is 5.91 Å². The Kier molecular flexibility index (Phi) is 4.22. The van der Waals surface area contributed by atoms with Gasteiger partial charge in [-0.05, 0) is 36.8 Å². The molecule has 1 N–H and O–H groups in total. The molecule has 0 radical (unpaired) electrons. The number of carbonyl (C=O) groups excluding carboxylic acids is 1. The van der Waals surface area contributed by atoms with E-state index in [0.29, 0.717) is 10.7 Å². The number of amides is 1. The molecule has 3 aromatic carbocycles. The fourth-order valence-corrected chi connectivity index (χ4v) is 4.02. The minimum atomic E-state index is -0.285. The van der Waals surface area contributed by atoms with E-state index in [1.807, 2.05) is 71.6 Å². The highest BCUT2D eigenvalue weighted by Crippen LogP contribution is 2.45. The summed E-state index contributed by atoms with van der Waals surface area (Å²) in [7, 11) is 0. The van der Waals surface area contributed by atoms with Crippen LogP contribution in [-0.2, 0) is 0 Å². The number of hydrogen-bond donors (Lipinski definition) is 1. The van der Waals surface area contributed by atoms with Crippen molar-refractivity contribution < 1.29 is 4.79 Å². The van der Waals surface area contributed by atoms with E-state index in [9.17, 15) is 4.79 Å². The molecule has 29 heavy (non-hydrogen) atoms. The fourth-order valence-electron chi connectivity index (χ4n) is 3.89. The molecule has 1 aliphatic rings. The maximum atomic E-state index is 13.4. The Morgan fingerprint density at radius 1 is 0.931 bits per heavy atom. The Bertz CT molecular complexity index is 1180. The molecule has 1 atom stereocenters. The summed E-state index contributed by atoms with van der Waals surface area (Å²) < 4.78 is 0. The van der Waals surface area contributed by atoms with Gasteiger partial charge in [0.05, 0.1) is 11.7 Å². The minimum Gasteiger partial charge on any atom is -0.295 e. The van der Waals surface area contributed by atoms with E-state index in [0.717, 1.165) is 28.1 Å². The van der Waals surface area contributed by atoms with Gasteiger partial charge in [0.2, 0.25) is 0 Å². The van der Waals surface area contributed by atoms with Crippen LogP contribution < -0.4 is 4.90 Å². The highest BCUT2D eigenvalue weighted by atomic mass is 35.5. The van der Waals surface area contributed by atoms with Crippen LogP contribution in [0, 0.1) is 6.92 Å². The summed E-state index contributed by atoms with van der Waals surface area (Å²) in [6, 6.07) is 25.3. The van der Waals surface area contributed by atoms with E-state index >= 15 is 0 Å². The number of anilines is 1. The number of halogens is 1. The average Bonchev–Trinajstić information content (AvgIpc) is 3.29. The van der Waals surface area contributed by atoms with E-state index in [-0.39, 0.29) is 11.9 Å². The molecule has 1 amide bonds. The first kappa shape index (κ1) is 17.7. The predicted molar refractivity (Wildman–Crippen MR) is 115 cm³/mol. The van der Waals surface area contributed by atoms with Crippen molar-refractivity contribution in [3.63, 3.8) is 0 Å². The smallest absolute Gasteiger partial charge is 0.277 e. The third kappa shape index (κ3) is 2.93. The Hall–Kier alpha value is -3.37. The second-order valence-electron chi connectivity index (χ2n) is 7.19. The van der Waals surface area contributed by atoms with Gasteiger partial charge in [-0.2, -0.15) is 5.10 Å². The van der Waals surface area contributed by atoms with Gasteiger partial charge in [0.15, 0.2) is 0 Å². The number of rotatable bonds is 3. The first-order valence-corrected chi connectivity index (χ1v) is 9.80. The van der Waals surface area contributed by atoms with Crippen LogP contribution in [0.2, 0.25) is 5.02 Å².